The van der Waals surface area contributed by atoms with E-state index < -0.39 is 6.04 Å². The van der Waals surface area contributed by atoms with E-state index in [0.717, 1.165) is 36.8 Å². The van der Waals surface area contributed by atoms with Crippen LogP contribution in [0.5, 0.6) is 0 Å². The lowest BCUT2D eigenvalue weighted by molar-refractivity contribution is -0.139. The standard InChI is InChI=1S/C26H32Cl2N2O2S/c1-2-24(26(32)29-23-9-4-3-5-10-23)30(16-19-11-13-21(27)14-12-19)25(31)18-33-17-20-7-6-8-22(28)15-20/h6-8,11-15,23-24H,2-5,9-10,16-18H2,1H3,(H,29,32)/t24-/m1/s1. The van der Waals surface area contributed by atoms with Gasteiger partial charge in [0, 0.05) is 28.4 Å². The number of hydrogen-bond donors (Lipinski definition) is 1. The Labute approximate surface area is 211 Å². The molecule has 2 amide bonds. The number of hydrogen-bond acceptors (Lipinski definition) is 3. The minimum Gasteiger partial charge on any atom is -0.352 e. The van der Waals surface area contributed by atoms with Crippen LogP contribution in [0.4, 0.5) is 0 Å². The Balaban J connectivity index is 1.69. The van der Waals surface area contributed by atoms with Crippen LogP contribution in [0, 0.1) is 0 Å². The molecule has 2 aromatic carbocycles. The molecule has 0 heterocycles. The maximum absolute atomic E-state index is 13.3. The quantitative estimate of drug-likeness (QED) is 0.400. The molecule has 2 aromatic rings. The van der Waals surface area contributed by atoms with Crippen LogP contribution < -0.4 is 5.32 Å². The molecule has 1 atom stereocenters. The van der Waals surface area contributed by atoms with Gasteiger partial charge in [0.1, 0.15) is 6.04 Å². The number of benzene rings is 2. The van der Waals surface area contributed by atoms with E-state index in [1.807, 2.05) is 55.5 Å². The SMILES string of the molecule is CC[C@H](C(=O)NC1CCCCC1)N(Cc1ccc(Cl)cc1)C(=O)CSCc1cccc(Cl)c1. The van der Waals surface area contributed by atoms with Crippen molar-refractivity contribution in [3.8, 4) is 0 Å². The number of carbonyl (C=O) groups excluding carboxylic acids is 2. The van der Waals surface area contributed by atoms with Gasteiger partial charge in [0.05, 0.1) is 5.75 Å². The Bertz CT molecular complexity index is 917. The van der Waals surface area contributed by atoms with Crippen molar-refractivity contribution in [3.05, 3.63) is 69.7 Å². The van der Waals surface area contributed by atoms with Crippen molar-refractivity contribution >= 4 is 46.8 Å². The lowest BCUT2D eigenvalue weighted by atomic mass is 9.95. The molecule has 3 rings (SSSR count). The second-order valence-corrected chi connectivity index (χ2v) is 10.4. The Hall–Kier alpha value is -1.69. The van der Waals surface area contributed by atoms with Gasteiger partial charge in [-0.3, -0.25) is 9.59 Å². The van der Waals surface area contributed by atoms with Crippen molar-refractivity contribution in [3.63, 3.8) is 0 Å². The van der Waals surface area contributed by atoms with E-state index in [4.69, 9.17) is 23.2 Å². The fraction of sp³-hybridized carbons (Fsp3) is 0.462. The molecule has 0 aliphatic heterocycles. The highest BCUT2D eigenvalue weighted by atomic mass is 35.5. The minimum absolute atomic E-state index is 0.0392. The molecule has 0 radical (unpaired) electrons. The largest absolute Gasteiger partial charge is 0.352 e. The molecule has 1 aliphatic rings. The van der Waals surface area contributed by atoms with Crippen LogP contribution in [0.15, 0.2) is 48.5 Å². The van der Waals surface area contributed by atoms with E-state index in [0.29, 0.717) is 34.5 Å². The van der Waals surface area contributed by atoms with Crippen LogP contribution in [-0.2, 0) is 21.9 Å². The number of thioether (sulfide) groups is 1. The van der Waals surface area contributed by atoms with Crippen molar-refractivity contribution in [1.29, 1.82) is 0 Å². The highest BCUT2D eigenvalue weighted by molar-refractivity contribution is 7.99. The first-order valence-corrected chi connectivity index (χ1v) is 13.5. The molecule has 1 saturated carbocycles. The molecule has 0 saturated heterocycles. The van der Waals surface area contributed by atoms with E-state index in [1.54, 1.807) is 4.90 Å². The van der Waals surface area contributed by atoms with Gasteiger partial charge in [0.2, 0.25) is 11.8 Å². The van der Waals surface area contributed by atoms with Crippen LogP contribution in [0.1, 0.15) is 56.6 Å². The summed E-state index contributed by atoms with van der Waals surface area (Å²) in [5, 5.41) is 4.55. The van der Waals surface area contributed by atoms with E-state index in [-0.39, 0.29) is 17.9 Å². The molecule has 0 unspecified atom stereocenters. The second-order valence-electron chi connectivity index (χ2n) is 8.54. The zero-order valence-corrected chi connectivity index (χ0v) is 21.4. The molecule has 7 heteroatoms. The van der Waals surface area contributed by atoms with Crippen molar-refractivity contribution in [1.82, 2.24) is 10.2 Å². The average Bonchev–Trinajstić information content (AvgIpc) is 2.81. The third-order valence-electron chi connectivity index (χ3n) is 5.99. The average molecular weight is 508 g/mol. The monoisotopic (exact) mass is 506 g/mol. The molecule has 33 heavy (non-hydrogen) atoms. The predicted octanol–water partition coefficient (Wildman–Crippen LogP) is 6.48. The normalized spacial score (nSPS) is 15.1. The molecule has 4 nitrogen and oxygen atoms in total. The molecular formula is C26H32Cl2N2O2S. The van der Waals surface area contributed by atoms with Gasteiger partial charge < -0.3 is 10.2 Å². The number of carbonyl (C=O) groups is 2. The summed E-state index contributed by atoms with van der Waals surface area (Å²) in [7, 11) is 0. The molecular weight excluding hydrogens is 475 g/mol. The molecule has 178 valence electrons. The van der Waals surface area contributed by atoms with Crippen LogP contribution in [-0.4, -0.2) is 34.6 Å². The first-order valence-electron chi connectivity index (χ1n) is 11.6. The summed E-state index contributed by atoms with van der Waals surface area (Å²) in [4.78, 5) is 28.3. The molecule has 1 N–H and O–H groups in total. The maximum Gasteiger partial charge on any atom is 0.243 e. The Morgan fingerprint density at radius 1 is 1.03 bits per heavy atom. The lowest BCUT2D eigenvalue weighted by Gasteiger charge is -2.32. The van der Waals surface area contributed by atoms with Crippen molar-refractivity contribution in [2.45, 2.75) is 69.8 Å². The Morgan fingerprint density at radius 2 is 1.76 bits per heavy atom. The van der Waals surface area contributed by atoms with Crippen LogP contribution >= 0.6 is 35.0 Å². The highest BCUT2D eigenvalue weighted by Crippen LogP contribution is 2.21. The second kappa shape index (κ2) is 13.3. The number of nitrogens with zero attached hydrogens (tertiary/aromatic N) is 1. The molecule has 0 aromatic heterocycles. The van der Waals surface area contributed by atoms with Gasteiger partial charge in [0.15, 0.2) is 0 Å². The van der Waals surface area contributed by atoms with Crippen LogP contribution in [0.3, 0.4) is 0 Å². The molecule has 0 bridgehead atoms. The van der Waals surface area contributed by atoms with Crippen LogP contribution in [0.2, 0.25) is 10.0 Å². The van der Waals surface area contributed by atoms with Crippen LogP contribution in [0.25, 0.3) is 0 Å². The summed E-state index contributed by atoms with van der Waals surface area (Å²) in [6.45, 7) is 2.34. The molecule has 0 spiro atoms. The summed E-state index contributed by atoms with van der Waals surface area (Å²) in [5.41, 5.74) is 2.03. The summed E-state index contributed by atoms with van der Waals surface area (Å²) < 4.78 is 0. The van der Waals surface area contributed by atoms with Crippen molar-refractivity contribution in [2.75, 3.05) is 5.75 Å². The van der Waals surface area contributed by atoms with E-state index in [2.05, 4.69) is 5.32 Å². The van der Waals surface area contributed by atoms with Gasteiger partial charge in [-0.15, -0.1) is 11.8 Å². The summed E-state index contributed by atoms with van der Waals surface area (Å²) in [6, 6.07) is 14.8. The molecule has 1 aliphatic carbocycles. The van der Waals surface area contributed by atoms with Gasteiger partial charge in [-0.1, -0.05) is 73.7 Å². The Kier molecular flexibility index (Phi) is 10.4. The fourth-order valence-electron chi connectivity index (χ4n) is 4.22. The molecule has 1 fully saturated rings. The van der Waals surface area contributed by atoms with Gasteiger partial charge in [-0.25, -0.2) is 0 Å². The zero-order valence-electron chi connectivity index (χ0n) is 19.1. The summed E-state index contributed by atoms with van der Waals surface area (Å²) >= 11 is 13.7. The number of nitrogens with one attached hydrogen (secondary N) is 1. The first kappa shape index (κ1) is 25.9. The summed E-state index contributed by atoms with van der Waals surface area (Å²) in [6.07, 6.45) is 6.13. The smallest absolute Gasteiger partial charge is 0.243 e. The van der Waals surface area contributed by atoms with Gasteiger partial charge >= 0.3 is 0 Å². The number of rotatable bonds is 10. The summed E-state index contributed by atoms with van der Waals surface area (Å²) in [5.74, 6) is 0.897. The minimum atomic E-state index is -0.498. The number of halogens is 2. The van der Waals surface area contributed by atoms with Gasteiger partial charge in [-0.2, -0.15) is 0 Å². The van der Waals surface area contributed by atoms with E-state index >= 15 is 0 Å². The highest BCUT2D eigenvalue weighted by Gasteiger charge is 2.30. The van der Waals surface area contributed by atoms with Crippen molar-refractivity contribution in [2.24, 2.45) is 0 Å². The Morgan fingerprint density at radius 3 is 2.42 bits per heavy atom. The first-order chi connectivity index (χ1) is 16.0. The third-order valence-corrected chi connectivity index (χ3v) is 7.46. The topological polar surface area (TPSA) is 49.4 Å². The maximum atomic E-state index is 13.3. The number of amides is 2. The zero-order chi connectivity index (χ0) is 23.6. The van der Waals surface area contributed by atoms with E-state index in [9.17, 15) is 9.59 Å². The third kappa shape index (κ3) is 8.24. The van der Waals surface area contributed by atoms with Gasteiger partial charge in [-0.05, 0) is 54.7 Å². The fourth-order valence-corrected chi connectivity index (χ4v) is 5.41. The van der Waals surface area contributed by atoms with Crippen molar-refractivity contribution < 1.29 is 9.59 Å². The predicted molar refractivity (Wildman–Crippen MR) is 139 cm³/mol. The van der Waals surface area contributed by atoms with Gasteiger partial charge in [0.25, 0.3) is 0 Å². The van der Waals surface area contributed by atoms with E-state index in [1.165, 1.54) is 18.2 Å². The lowest BCUT2D eigenvalue weighted by Crippen LogP contribution is -2.52.